The average molecular weight is 277 g/mol. The van der Waals surface area contributed by atoms with Crippen LogP contribution in [0.1, 0.15) is 49.4 Å². The molecule has 2 nitrogen and oxygen atoms in total. The molecule has 1 aromatic carbocycles. The van der Waals surface area contributed by atoms with Crippen LogP contribution >= 0.6 is 12.6 Å². The van der Waals surface area contributed by atoms with Crippen molar-refractivity contribution in [2.24, 2.45) is 5.92 Å². The van der Waals surface area contributed by atoms with Gasteiger partial charge in [0.1, 0.15) is 0 Å². The standard InChI is InChI=1S/C16H23NOS/c1-2-4-13-5-3-11-17(12-10-13)16(18)14-6-8-15(19)9-7-14/h6-9,13,19H,2-5,10-12H2,1H3. The zero-order valence-corrected chi connectivity index (χ0v) is 12.5. The van der Waals surface area contributed by atoms with E-state index in [0.717, 1.165) is 42.3 Å². The molecule has 1 heterocycles. The predicted octanol–water partition coefficient (Wildman–Crippen LogP) is 4.02. The summed E-state index contributed by atoms with van der Waals surface area (Å²) in [5.74, 6) is 0.980. The monoisotopic (exact) mass is 277 g/mol. The molecule has 0 aromatic heterocycles. The highest BCUT2D eigenvalue weighted by Crippen LogP contribution is 2.23. The van der Waals surface area contributed by atoms with Crippen molar-refractivity contribution in [2.45, 2.75) is 43.9 Å². The fraction of sp³-hybridized carbons (Fsp3) is 0.562. The van der Waals surface area contributed by atoms with Crippen molar-refractivity contribution in [2.75, 3.05) is 13.1 Å². The summed E-state index contributed by atoms with van der Waals surface area (Å²) in [6.45, 7) is 4.06. The van der Waals surface area contributed by atoms with Crippen molar-refractivity contribution in [3.63, 3.8) is 0 Å². The molecule has 0 bridgehead atoms. The lowest BCUT2D eigenvalue weighted by Gasteiger charge is -2.20. The highest BCUT2D eigenvalue weighted by molar-refractivity contribution is 7.80. The number of rotatable bonds is 3. The van der Waals surface area contributed by atoms with Crippen LogP contribution in [0.3, 0.4) is 0 Å². The number of hydrogen-bond acceptors (Lipinski definition) is 2. The van der Waals surface area contributed by atoms with Crippen molar-refractivity contribution in [1.82, 2.24) is 4.90 Å². The summed E-state index contributed by atoms with van der Waals surface area (Å²) in [7, 11) is 0. The van der Waals surface area contributed by atoms with E-state index in [1.807, 2.05) is 29.2 Å². The molecule has 1 saturated heterocycles. The van der Waals surface area contributed by atoms with Crippen LogP contribution in [0.5, 0.6) is 0 Å². The third kappa shape index (κ3) is 4.00. The molecule has 0 spiro atoms. The molecule has 1 aromatic rings. The molecule has 3 heteroatoms. The average Bonchev–Trinajstić information content (AvgIpc) is 2.65. The molecule has 1 aliphatic rings. The molecular formula is C16H23NOS. The fourth-order valence-corrected chi connectivity index (χ4v) is 3.00. The molecule has 1 fully saturated rings. The van der Waals surface area contributed by atoms with Crippen molar-refractivity contribution in [3.8, 4) is 0 Å². The van der Waals surface area contributed by atoms with E-state index in [0.29, 0.717) is 0 Å². The van der Waals surface area contributed by atoms with Crippen LogP contribution in [-0.4, -0.2) is 23.9 Å². The first-order valence-electron chi connectivity index (χ1n) is 7.29. The van der Waals surface area contributed by atoms with Gasteiger partial charge in [-0.3, -0.25) is 4.79 Å². The maximum atomic E-state index is 12.4. The van der Waals surface area contributed by atoms with Gasteiger partial charge >= 0.3 is 0 Å². The zero-order chi connectivity index (χ0) is 13.7. The van der Waals surface area contributed by atoms with E-state index in [9.17, 15) is 4.79 Å². The highest BCUT2D eigenvalue weighted by atomic mass is 32.1. The van der Waals surface area contributed by atoms with E-state index in [2.05, 4.69) is 19.6 Å². The normalized spacial score (nSPS) is 20.1. The zero-order valence-electron chi connectivity index (χ0n) is 11.6. The molecule has 19 heavy (non-hydrogen) atoms. The van der Waals surface area contributed by atoms with E-state index in [-0.39, 0.29) is 5.91 Å². The number of likely N-dealkylation sites (tertiary alicyclic amines) is 1. The predicted molar refractivity (Wildman–Crippen MR) is 81.8 cm³/mol. The van der Waals surface area contributed by atoms with Crippen LogP contribution in [0, 0.1) is 5.92 Å². The molecule has 0 N–H and O–H groups in total. The first-order valence-corrected chi connectivity index (χ1v) is 7.73. The first-order chi connectivity index (χ1) is 9.20. The summed E-state index contributed by atoms with van der Waals surface area (Å²) in [6.07, 6.45) is 6.12. The van der Waals surface area contributed by atoms with Gasteiger partial charge in [-0.25, -0.2) is 0 Å². The number of carbonyl (C=O) groups is 1. The number of amides is 1. The van der Waals surface area contributed by atoms with Crippen LogP contribution in [-0.2, 0) is 0 Å². The van der Waals surface area contributed by atoms with Gasteiger partial charge in [0.15, 0.2) is 0 Å². The van der Waals surface area contributed by atoms with E-state index in [4.69, 9.17) is 0 Å². The fourth-order valence-electron chi connectivity index (χ4n) is 2.85. The molecule has 104 valence electrons. The number of benzene rings is 1. The van der Waals surface area contributed by atoms with Gasteiger partial charge in [-0.15, -0.1) is 12.6 Å². The maximum Gasteiger partial charge on any atom is 0.253 e. The van der Waals surface area contributed by atoms with E-state index >= 15 is 0 Å². The minimum atomic E-state index is 0.172. The van der Waals surface area contributed by atoms with Crippen LogP contribution in [0.2, 0.25) is 0 Å². The van der Waals surface area contributed by atoms with Crippen LogP contribution in [0.15, 0.2) is 29.2 Å². The third-order valence-corrected chi connectivity index (χ3v) is 4.24. The summed E-state index contributed by atoms with van der Waals surface area (Å²) in [5, 5.41) is 0. The smallest absolute Gasteiger partial charge is 0.253 e. The van der Waals surface area contributed by atoms with Gasteiger partial charge in [-0.1, -0.05) is 19.8 Å². The molecule has 0 saturated carbocycles. The van der Waals surface area contributed by atoms with E-state index in [1.165, 1.54) is 19.3 Å². The first kappa shape index (κ1) is 14.4. The second kappa shape index (κ2) is 6.99. The Morgan fingerprint density at radius 3 is 2.68 bits per heavy atom. The Kier molecular flexibility index (Phi) is 5.32. The molecule has 1 amide bonds. The number of hydrogen-bond donors (Lipinski definition) is 1. The second-order valence-electron chi connectivity index (χ2n) is 5.42. The van der Waals surface area contributed by atoms with Gasteiger partial charge in [0.05, 0.1) is 0 Å². The molecule has 2 rings (SSSR count). The Hall–Kier alpha value is -0.960. The SMILES string of the molecule is CCCC1CCCN(C(=O)c2ccc(S)cc2)CC1. The van der Waals surface area contributed by atoms with Crippen molar-refractivity contribution in [1.29, 1.82) is 0 Å². The van der Waals surface area contributed by atoms with Gasteiger partial charge in [0.25, 0.3) is 5.91 Å². The van der Waals surface area contributed by atoms with Gasteiger partial charge in [-0.05, 0) is 49.4 Å². The minimum absolute atomic E-state index is 0.172. The van der Waals surface area contributed by atoms with Crippen molar-refractivity contribution < 1.29 is 4.79 Å². The molecule has 0 aliphatic carbocycles. The molecular weight excluding hydrogens is 254 g/mol. The van der Waals surface area contributed by atoms with E-state index < -0.39 is 0 Å². The van der Waals surface area contributed by atoms with Crippen LogP contribution < -0.4 is 0 Å². The Balaban J connectivity index is 1.98. The summed E-state index contributed by atoms with van der Waals surface area (Å²) in [6, 6.07) is 7.51. The summed E-state index contributed by atoms with van der Waals surface area (Å²) < 4.78 is 0. The Bertz CT molecular complexity index is 415. The lowest BCUT2D eigenvalue weighted by atomic mass is 9.96. The number of nitrogens with zero attached hydrogens (tertiary/aromatic N) is 1. The Morgan fingerprint density at radius 2 is 2.00 bits per heavy atom. The lowest BCUT2D eigenvalue weighted by molar-refractivity contribution is 0.0760. The third-order valence-electron chi connectivity index (χ3n) is 3.95. The topological polar surface area (TPSA) is 20.3 Å². The molecule has 1 aliphatic heterocycles. The number of carbonyl (C=O) groups excluding carboxylic acids is 1. The number of thiol groups is 1. The van der Waals surface area contributed by atoms with Crippen molar-refractivity contribution >= 4 is 18.5 Å². The van der Waals surface area contributed by atoms with Gasteiger partial charge in [-0.2, -0.15) is 0 Å². The van der Waals surface area contributed by atoms with Gasteiger partial charge < -0.3 is 4.90 Å². The minimum Gasteiger partial charge on any atom is -0.339 e. The maximum absolute atomic E-state index is 12.4. The summed E-state index contributed by atoms with van der Waals surface area (Å²) in [4.78, 5) is 15.3. The Labute approximate surface area is 121 Å². The van der Waals surface area contributed by atoms with Crippen molar-refractivity contribution in [3.05, 3.63) is 29.8 Å². The summed E-state index contributed by atoms with van der Waals surface area (Å²) in [5.41, 5.74) is 0.784. The lowest BCUT2D eigenvalue weighted by Crippen LogP contribution is -2.32. The van der Waals surface area contributed by atoms with Gasteiger partial charge in [0, 0.05) is 23.5 Å². The quantitative estimate of drug-likeness (QED) is 0.827. The molecule has 1 atom stereocenters. The summed E-state index contributed by atoms with van der Waals surface area (Å²) >= 11 is 4.25. The van der Waals surface area contributed by atoms with Crippen LogP contribution in [0.25, 0.3) is 0 Å². The molecule has 0 radical (unpaired) electrons. The largest absolute Gasteiger partial charge is 0.339 e. The van der Waals surface area contributed by atoms with Gasteiger partial charge in [0.2, 0.25) is 0 Å². The molecule has 1 unspecified atom stereocenters. The van der Waals surface area contributed by atoms with Crippen LogP contribution in [0.4, 0.5) is 0 Å². The highest BCUT2D eigenvalue weighted by Gasteiger charge is 2.20. The Morgan fingerprint density at radius 1 is 1.26 bits per heavy atom. The van der Waals surface area contributed by atoms with E-state index in [1.54, 1.807) is 0 Å². The second-order valence-corrected chi connectivity index (χ2v) is 5.94.